The minimum absolute atomic E-state index is 0.182. The van der Waals surface area contributed by atoms with Gasteiger partial charge in [0.25, 0.3) is 0 Å². The maximum absolute atomic E-state index is 7.33. The number of aromatic nitrogens is 4. The van der Waals surface area contributed by atoms with Crippen molar-refractivity contribution < 1.29 is 4.42 Å². The summed E-state index contributed by atoms with van der Waals surface area (Å²) in [6.07, 6.45) is 8.58. The zero-order chi connectivity index (χ0) is 43.6. The van der Waals surface area contributed by atoms with Crippen LogP contribution in [0.25, 0.3) is 126 Å². The van der Waals surface area contributed by atoms with E-state index in [0.717, 1.165) is 71.8 Å². The molecule has 1 unspecified atom stereocenters. The predicted octanol–water partition coefficient (Wildman–Crippen LogP) is 16.7. The normalized spacial score (nSPS) is 13.1. The molecule has 0 bridgehead atoms. The number of nitrogens with zero attached hydrogens (tertiary/aromatic N) is 4. The molecule has 5 heteroatoms. The lowest BCUT2D eigenvalue weighted by molar-refractivity contribution is 0.677. The van der Waals surface area contributed by atoms with Crippen LogP contribution in [0.3, 0.4) is 0 Å². The number of hydrogen-bond acceptors (Lipinski definition) is 1. The monoisotopic (exact) mass is 846 g/mol. The van der Waals surface area contributed by atoms with Crippen molar-refractivity contribution in [2.24, 2.45) is 0 Å². The first-order chi connectivity index (χ1) is 32.7. The topological polar surface area (TPSA) is 32.9 Å². The molecule has 0 saturated heterocycles. The SMILES string of the molecule is C/C=C\C=C/C(C)n1c2ccccc2c2cc(-n3c4ccccc4c4c5oc6c(ccc7c6c6ccccc6n7-c6ccc7c(c6)c6ccccc6n7-c6ccccc6)c5ccc43)ccc21. The molecule has 0 N–H and O–H groups in total. The average molecular weight is 847 g/mol. The fourth-order valence-electron chi connectivity index (χ4n) is 11.3. The van der Waals surface area contributed by atoms with E-state index >= 15 is 0 Å². The number of rotatable bonds is 6. The van der Waals surface area contributed by atoms with E-state index < -0.39 is 0 Å². The van der Waals surface area contributed by atoms with Crippen molar-refractivity contribution in [2.75, 3.05) is 0 Å². The summed E-state index contributed by atoms with van der Waals surface area (Å²) in [5, 5.41) is 11.8. The fraction of sp³-hybridized carbons (Fsp3) is 0.0492. The highest BCUT2D eigenvalue weighted by Crippen LogP contribution is 2.46. The maximum atomic E-state index is 7.33. The van der Waals surface area contributed by atoms with Gasteiger partial charge in [0.15, 0.2) is 0 Å². The second-order valence-corrected chi connectivity index (χ2v) is 17.6. The van der Waals surface area contributed by atoms with Gasteiger partial charge in [0.05, 0.1) is 43.9 Å². The Morgan fingerprint density at radius 1 is 0.364 bits per heavy atom. The Hall–Kier alpha value is -8.54. The first-order valence-corrected chi connectivity index (χ1v) is 22.9. The summed E-state index contributed by atoms with van der Waals surface area (Å²) in [5.74, 6) is 0. The maximum Gasteiger partial charge on any atom is 0.145 e. The number of benzene rings is 9. The molecule has 0 amide bonds. The van der Waals surface area contributed by atoms with Gasteiger partial charge < -0.3 is 22.7 Å². The molecule has 14 aromatic rings. The molecule has 5 heterocycles. The van der Waals surface area contributed by atoms with Crippen LogP contribution in [0.1, 0.15) is 19.9 Å². The molecule has 5 aromatic heterocycles. The molecule has 0 saturated carbocycles. The lowest BCUT2D eigenvalue weighted by Gasteiger charge is -2.13. The van der Waals surface area contributed by atoms with E-state index in [1.54, 1.807) is 0 Å². The first kappa shape index (κ1) is 36.9. The van der Waals surface area contributed by atoms with Crippen LogP contribution >= 0.6 is 0 Å². The van der Waals surface area contributed by atoms with Gasteiger partial charge in [-0.05, 0) is 111 Å². The lowest BCUT2D eigenvalue weighted by Crippen LogP contribution is -2.01. The summed E-state index contributed by atoms with van der Waals surface area (Å²) in [7, 11) is 0. The molecule has 14 rings (SSSR count). The molecule has 0 aliphatic heterocycles. The second-order valence-electron chi connectivity index (χ2n) is 17.6. The van der Waals surface area contributed by atoms with Crippen LogP contribution in [-0.2, 0) is 0 Å². The van der Waals surface area contributed by atoms with E-state index in [2.05, 4.69) is 244 Å². The van der Waals surface area contributed by atoms with Gasteiger partial charge in [-0.15, -0.1) is 0 Å². The standard InChI is InChI=1S/C61H42N4O/c1-3-4-6-17-38(2)62-50-24-13-9-20-42(50)48-36-40(28-32-54(48)62)64-52-26-15-11-22-46(52)58-56(64)34-30-44-45-31-35-57-59(61(45)66-60(44)58)47-23-12-16-27-53(47)65(57)41-29-33-55-49(37-41)43-21-10-14-25-51(43)63(55)39-18-7-5-8-19-39/h3-38H,1-2H3/b4-3-,17-6-. The molecular weight excluding hydrogens is 805 g/mol. The quantitative estimate of drug-likeness (QED) is 0.153. The van der Waals surface area contributed by atoms with E-state index in [4.69, 9.17) is 4.42 Å². The molecule has 312 valence electrons. The molecule has 0 radical (unpaired) electrons. The number of hydrogen-bond donors (Lipinski definition) is 0. The van der Waals surface area contributed by atoms with Crippen molar-refractivity contribution in [3.63, 3.8) is 0 Å². The molecule has 9 aromatic carbocycles. The van der Waals surface area contributed by atoms with Gasteiger partial charge >= 0.3 is 0 Å². The van der Waals surface area contributed by atoms with Crippen molar-refractivity contribution in [3.05, 3.63) is 212 Å². The average Bonchev–Trinajstić information content (AvgIpc) is 4.16. The van der Waals surface area contributed by atoms with Crippen LogP contribution in [-0.4, -0.2) is 18.3 Å². The summed E-state index contributed by atoms with van der Waals surface area (Å²) in [5.41, 5.74) is 14.6. The first-order valence-electron chi connectivity index (χ1n) is 22.9. The smallest absolute Gasteiger partial charge is 0.145 e. The molecule has 0 fully saturated rings. The van der Waals surface area contributed by atoms with Gasteiger partial charge in [-0.3, -0.25) is 0 Å². The predicted molar refractivity (Wildman–Crippen MR) is 278 cm³/mol. The van der Waals surface area contributed by atoms with Gasteiger partial charge in [0.2, 0.25) is 0 Å². The van der Waals surface area contributed by atoms with Crippen LogP contribution in [0.4, 0.5) is 0 Å². The Kier molecular flexibility index (Phi) is 7.81. The van der Waals surface area contributed by atoms with Crippen molar-refractivity contribution in [3.8, 4) is 17.1 Å². The molecule has 66 heavy (non-hydrogen) atoms. The van der Waals surface area contributed by atoms with Crippen LogP contribution in [0.5, 0.6) is 0 Å². The number of allylic oxidation sites excluding steroid dienone is 4. The Bertz CT molecular complexity index is 4370. The highest BCUT2D eigenvalue weighted by atomic mass is 16.3. The van der Waals surface area contributed by atoms with E-state index in [-0.39, 0.29) is 6.04 Å². The zero-order valence-corrected chi connectivity index (χ0v) is 36.5. The minimum atomic E-state index is 0.182. The second kappa shape index (κ2) is 14.0. The fourth-order valence-corrected chi connectivity index (χ4v) is 11.3. The van der Waals surface area contributed by atoms with Crippen LogP contribution in [0, 0.1) is 0 Å². The molecule has 5 nitrogen and oxygen atoms in total. The van der Waals surface area contributed by atoms with E-state index in [1.807, 2.05) is 0 Å². The van der Waals surface area contributed by atoms with Gasteiger partial charge in [0.1, 0.15) is 11.2 Å². The largest absolute Gasteiger partial charge is 0.455 e. The Morgan fingerprint density at radius 3 is 1.38 bits per heavy atom. The number of fused-ring (bicyclic) bond motifs is 17. The van der Waals surface area contributed by atoms with E-state index in [0.29, 0.717) is 0 Å². The highest BCUT2D eigenvalue weighted by Gasteiger charge is 2.24. The van der Waals surface area contributed by atoms with E-state index in [1.165, 1.54) is 54.4 Å². The van der Waals surface area contributed by atoms with Gasteiger partial charge in [-0.2, -0.15) is 0 Å². The Labute approximate surface area is 379 Å². The third-order valence-electron chi connectivity index (χ3n) is 14.1. The summed E-state index contributed by atoms with van der Waals surface area (Å²) in [6, 6.07) is 68.9. The van der Waals surface area contributed by atoms with Crippen LogP contribution in [0.15, 0.2) is 217 Å². The van der Waals surface area contributed by atoms with Crippen molar-refractivity contribution in [1.82, 2.24) is 18.3 Å². The highest BCUT2D eigenvalue weighted by molar-refractivity contribution is 6.29. The third kappa shape index (κ3) is 5.05. The Balaban J connectivity index is 0.990. The lowest BCUT2D eigenvalue weighted by atomic mass is 10.1. The molecule has 0 aliphatic carbocycles. The number of para-hydroxylation sites is 5. The van der Waals surface area contributed by atoms with Gasteiger partial charge in [-0.25, -0.2) is 0 Å². The minimum Gasteiger partial charge on any atom is -0.455 e. The van der Waals surface area contributed by atoms with Crippen LogP contribution < -0.4 is 0 Å². The summed E-state index contributed by atoms with van der Waals surface area (Å²) in [4.78, 5) is 0. The molecule has 0 aliphatic rings. The summed E-state index contributed by atoms with van der Waals surface area (Å²) >= 11 is 0. The van der Waals surface area contributed by atoms with Crippen LogP contribution in [0.2, 0.25) is 0 Å². The van der Waals surface area contributed by atoms with Gasteiger partial charge in [0, 0.05) is 77.2 Å². The molecule has 1 atom stereocenters. The van der Waals surface area contributed by atoms with Crippen molar-refractivity contribution >= 4 is 109 Å². The third-order valence-corrected chi connectivity index (χ3v) is 14.1. The zero-order valence-electron chi connectivity index (χ0n) is 36.5. The van der Waals surface area contributed by atoms with E-state index in [9.17, 15) is 0 Å². The molecule has 0 spiro atoms. The van der Waals surface area contributed by atoms with Gasteiger partial charge in [-0.1, -0.05) is 115 Å². The van der Waals surface area contributed by atoms with Crippen molar-refractivity contribution in [1.29, 1.82) is 0 Å². The summed E-state index contributed by atoms with van der Waals surface area (Å²) in [6.45, 7) is 4.32. The van der Waals surface area contributed by atoms with Crippen molar-refractivity contribution in [2.45, 2.75) is 19.9 Å². The summed E-state index contributed by atoms with van der Waals surface area (Å²) < 4.78 is 17.0. The molecular formula is C61H42N4O. The number of furan rings is 1. The Morgan fingerprint density at radius 2 is 0.788 bits per heavy atom.